The summed E-state index contributed by atoms with van der Waals surface area (Å²) in [6.45, 7) is 4.29. The highest BCUT2D eigenvalue weighted by Crippen LogP contribution is 2.15. The van der Waals surface area contributed by atoms with E-state index in [2.05, 4.69) is 19.2 Å². The van der Waals surface area contributed by atoms with Gasteiger partial charge in [0.25, 0.3) is 0 Å². The molecule has 0 saturated carbocycles. The van der Waals surface area contributed by atoms with Crippen molar-refractivity contribution in [3.63, 3.8) is 0 Å². The molecule has 0 saturated heterocycles. The lowest BCUT2D eigenvalue weighted by molar-refractivity contribution is -0.139. The summed E-state index contributed by atoms with van der Waals surface area (Å²) in [7, 11) is 0. The summed E-state index contributed by atoms with van der Waals surface area (Å²) in [5, 5.41) is 58.8. The molecule has 0 fully saturated rings. The van der Waals surface area contributed by atoms with Crippen LogP contribution in [0.2, 0.25) is 0 Å². The van der Waals surface area contributed by atoms with Gasteiger partial charge >= 0.3 is 17.9 Å². The van der Waals surface area contributed by atoms with Crippen molar-refractivity contribution in [3.8, 4) is 0 Å². The van der Waals surface area contributed by atoms with Crippen LogP contribution in [0, 0.1) is 5.41 Å². The van der Waals surface area contributed by atoms with E-state index in [1.807, 2.05) is 0 Å². The molecule has 0 aromatic carbocycles. The van der Waals surface area contributed by atoms with Crippen LogP contribution in [-0.4, -0.2) is 86.4 Å². The van der Waals surface area contributed by atoms with Gasteiger partial charge in [-0.2, -0.15) is 0 Å². The van der Waals surface area contributed by atoms with Gasteiger partial charge in [0.05, 0.1) is 13.2 Å². The van der Waals surface area contributed by atoms with E-state index in [0.29, 0.717) is 32.2 Å². The molecule has 58 heavy (non-hydrogen) atoms. The van der Waals surface area contributed by atoms with Crippen LogP contribution < -0.4 is 16.8 Å². The molecule has 0 bridgehead atoms. The fourth-order valence-corrected chi connectivity index (χ4v) is 6.02. The molecule has 0 aliphatic rings. The molecule has 0 aliphatic carbocycles. The fourth-order valence-electron chi connectivity index (χ4n) is 6.02. The van der Waals surface area contributed by atoms with E-state index >= 15 is 0 Å². The minimum atomic E-state index is -1.00. The Kier molecular flexibility index (Phi) is 58.4. The Hall–Kier alpha value is -2.48. The van der Waals surface area contributed by atoms with E-state index in [-0.39, 0.29) is 19.2 Å². The second-order valence-corrected chi connectivity index (χ2v) is 15.6. The lowest BCUT2D eigenvalue weighted by Gasteiger charge is -2.06. The van der Waals surface area contributed by atoms with E-state index in [4.69, 9.17) is 47.5 Å². The van der Waals surface area contributed by atoms with Crippen molar-refractivity contribution in [2.45, 2.75) is 244 Å². The van der Waals surface area contributed by atoms with Gasteiger partial charge in [0.2, 0.25) is 0 Å². The molecule has 0 amide bonds. The maximum Gasteiger partial charge on any atom is 0.320 e. The van der Waals surface area contributed by atoms with Gasteiger partial charge in [-0.1, -0.05) is 194 Å². The summed E-state index contributed by atoms with van der Waals surface area (Å²) in [6, 6.07) is -0.821. The molecule has 0 rings (SSSR count). The lowest BCUT2D eigenvalue weighted by Crippen LogP contribution is -2.34. The van der Waals surface area contributed by atoms with Gasteiger partial charge in [-0.25, -0.2) is 0 Å². The summed E-state index contributed by atoms with van der Waals surface area (Å²) < 4.78 is 0. The quantitative estimate of drug-likeness (QED) is 0.0158. The number of carbonyl (C=O) groups is 3. The number of aliphatic carboxylic acids is 3. The highest BCUT2D eigenvalue weighted by molar-refractivity contribution is 5.74. The van der Waals surface area contributed by atoms with Crippen molar-refractivity contribution in [2.75, 3.05) is 19.8 Å². The molecule has 0 spiro atoms. The summed E-state index contributed by atoms with van der Waals surface area (Å²) in [5.74, 6) is -2.42. The number of aliphatic hydroxyl groups excluding tert-OH is 3. The van der Waals surface area contributed by atoms with Crippen LogP contribution in [0.15, 0.2) is 0 Å². The van der Waals surface area contributed by atoms with Crippen LogP contribution in [0.1, 0.15) is 232 Å². The number of unbranched alkanes of at least 4 members (excludes halogenated alkanes) is 28. The zero-order valence-electron chi connectivity index (χ0n) is 37.4. The number of aliphatic hydroxyl groups is 3. The number of carboxylic acid groups (broad SMARTS) is 3. The first-order valence-corrected chi connectivity index (χ1v) is 23.3. The summed E-state index contributed by atoms with van der Waals surface area (Å²) in [6.07, 6.45) is 40.4. The minimum Gasteiger partial charge on any atom is -0.481 e. The Morgan fingerprint density at radius 2 is 0.759 bits per heavy atom. The summed E-state index contributed by atoms with van der Waals surface area (Å²) in [5.41, 5.74) is 10.2. The van der Waals surface area contributed by atoms with E-state index in [0.717, 1.165) is 25.7 Å². The molecule has 0 aromatic heterocycles. The zero-order valence-corrected chi connectivity index (χ0v) is 37.4. The largest absolute Gasteiger partial charge is 0.481 e. The summed E-state index contributed by atoms with van der Waals surface area (Å²) >= 11 is 0. The number of rotatable bonds is 39. The molecule has 0 aromatic rings. The van der Waals surface area contributed by atoms with E-state index in [1.54, 1.807) is 0 Å². The molecule has 13 heteroatoms. The van der Waals surface area contributed by atoms with Gasteiger partial charge in [-0.15, -0.1) is 0 Å². The Balaban J connectivity index is -0.000000361. The molecule has 0 aliphatic heterocycles. The first-order valence-electron chi connectivity index (χ1n) is 23.3. The fraction of sp³-hybridized carbons (Fsp3) is 0.911. The highest BCUT2D eigenvalue weighted by atomic mass is 16.4. The number of hydrogen-bond acceptors (Lipinski definition) is 8. The molecule has 1 atom stereocenters. The van der Waals surface area contributed by atoms with E-state index < -0.39 is 30.1 Å². The van der Waals surface area contributed by atoms with Crippen molar-refractivity contribution in [2.24, 2.45) is 11.5 Å². The monoisotopic (exact) mass is 835 g/mol. The number of hydrogen-bond donors (Lipinski definition) is 10. The van der Waals surface area contributed by atoms with Crippen LogP contribution in [0.5, 0.6) is 0 Å². The van der Waals surface area contributed by atoms with E-state index in [1.165, 1.54) is 167 Å². The molecular formula is C45H94N4O9. The van der Waals surface area contributed by atoms with Gasteiger partial charge in [-0.3, -0.25) is 19.8 Å². The summed E-state index contributed by atoms with van der Waals surface area (Å²) in [4.78, 5) is 30.9. The van der Waals surface area contributed by atoms with Crippen LogP contribution in [0.4, 0.5) is 0 Å². The average molecular weight is 835 g/mol. The minimum absolute atomic E-state index is 0.112. The van der Waals surface area contributed by atoms with E-state index in [9.17, 15) is 14.4 Å². The van der Waals surface area contributed by atoms with Crippen molar-refractivity contribution < 1.29 is 45.0 Å². The maximum absolute atomic E-state index is 10.3. The molecular weight excluding hydrogens is 741 g/mol. The number of nitrogens with two attached hydrogens (primary N) is 2. The predicted molar refractivity (Wildman–Crippen MR) is 239 cm³/mol. The molecule has 13 nitrogen and oxygen atoms in total. The van der Waals surface area contributed by atoms with Crippen molar-refractivity contribution in [3.05, 3.63) is 0 Å². The van der Waals surface area contributed by atoms with Gasteiger partial charge in [0.1, 0.15) is 12.1 Å². The van der Waals surface area contributed by atoms with Crippen molar-refractivity contribution in [1.29, 1.82) is 5.41 Å². The topological polar surface area (TPSA) is 261 Å². The van der Waals surface area contributed by atoms with Gasteiger partial charge < -0.3 is 47.4 Å². The molecule has 1 unspecified atom stereocenters. The van der Waals surface area contributed by atoms with Crippen LogP contribution in [-0.2, 0) is 14.4 Å². The van der Waals surface area contributed by atoms with Crippen LogP contribution in [0.3, 0.4) is 0 Å². The molecule has 348 valence electrons. The Bertz CT molecular complexity index is 820. The molecule has 12 N–H and O–H groups in total. The van der Waals surface area contributed by atoms with Crippen molar-refractivity contribution >= 4 is 23.9 Å². The third kappa shape index (κ3) is 68.2. The number of nitrogens with one attached hydrogen (secondary N) is 2. The highest BCUT2D eigenvalue weighted by Gasteiger charge is 2.09. The second kappa shape index (κ2) is 54.5. The van der Waals surface area contributed by atoms with Gasteiger partial charge in [0.15, 0.2) is 5.96 Å². The third-order valence-corrected chi connectivity index (χ3v) is 9.73. The first kappa shape index (κ1) is 62.2. The number of guanidine groups is 1. The molecule has 0 heterocycles. The average Bonchev–Trinajstić information content (AvgIpc) is 3.19. The maximum atomic E-state index is 10.3. The predicted octanol–water partition coefficient (Wildman–Crippen LogP) is 9.66. The Morgan fingerprint density at radius 1 is 0.500 bits per heavy atom. The smallest absolute Gasteiger partial charge is 0.320 e. The normalized spacial score (nSPS) is 11.0. The van der Waals surface area contributed by atoms with Crippen LogP contribution in [0.25, 0.3) is 0 Å². The number of carboxylic acids is 3. The first-order chi connectivity index (χ1) is 27.9. The SMILES string of the molecule is CCCCCCCCCCCCCCCCCC(=O)O.CCCCCCCCCCCCCCCCCC(=O)O.N=C(N)NCCCC(N)C(=O)O.OCC(O)CO. The van der Waals surface area contributed by atoms with Crippen LogP contribution >= 0.6 is 0 Å². The van der Waals surface area contributed by atoms with Gasteiger partial charge in [0, 0.05) is 19.4 Å². The zero-order chi connectivity index (χ0) is 44.3. The second-order valence-electron chi connectivity index (χ2n) is 15.6. The third-order valence-electron chi connectivity index (χ3n) is 9.73. The van der Waals surface area contributed by atoms with Crippen molar-refractivity contribution in [1.82, 2.24) is 5.32 Å². The standard InChI is InChI=1S/2C18H36O2.C6H14N4O2.C3H8O3/c2*1-2-3-4-5-6-7-8-9-10-11-12-13-14-15-16-17-18(19)20;7-4(5(11)12)2-1-3-10-6(8)9;4-1-3(6)2-5/h2*2-17H2,1H3,(H,19,20);4H,1-3,7H2,(H,11,12)(H4,8,9,10);3-6H,1-2H2. The van der Waals surface area contributed by atoms with Gasteiger partial charge in [-0.05, 0) is 25.7 Å². The molecule has 0 radical (unpaired) electrons. The Morgan fingerprint density at radius 3 is 0.948 bits per heavy atom. The Labute approximate surface area is 354 Å². The lowest BCUT2D eigenvalue weighted by atomic mass is 10.0.